The third kappa shape index (κ3) is 3.29. The van der Waals surface area contributed by atoms with Gasteiger partial charge in [0.05, 0.1) is 17.6 Å². The maximum atomic E-state index is 13.6. The van der Waals surface area contributed by atoms with Gasteiger partial charge in [0, 0.05) is 31.9 Å². The van der Waals surface area contributed by atoms with E-state index in [1.54, 1.807) is 18.2 Å². The fraction of sp³-hybridized carbons (Fsp3) is 0.350. The van der Waals surface area contributed by atoms with E-state index in [0.29, 0.717) is 23.4 Å². The van der Waals surface area contributed by atoms with Crippen LogP contribution in [-0.4, -0.2) is 40.6 Å². The van der Waals surface area contributed by atoms with Crippen LogP contribution < -0.4 is 4.90 Å². The average Bonchev–Trinajstić information content (AvgIpc) is 3.00. The fourth-order valence-electron chi connectivity index (χ4n) is 3.61. The van der Waals surface area contributed by atoms with Gasteiger partial charge in [-0.1, -0.05) is 24.3 Å². The lowest BCUT2D eigenvalue weighted by molar-refractivity contribution is 0.0681. The van der Waals surface area contributed by atoms with Crippen LogP contribution in [-0.2, 0) is 6.54 Å². The van der Waals surface area contributed by atoms with Crippen molar-refractivity contribution in [2.45, 2.75) is 20.0 Å². The molecule has 1 aliphatic heterocycles. The topological polar surface area (TPSA) is 24.3 Å². The highest BCUT2D eigenvalue weighted by Gasteiger charge is 2.22. The smallest absolute Gasteiger partial charge is 0.320 e. The van der Waals surface area contributed by atoms with Crippen molar-refractivity contribution < 1.29 is 8.78 Å². The van der Waals surface area contributed by atoms with E-state index < -0.39 is 6.55 Å². The number of aryl methyl sites for hydroxylation is 1. The van der Waals surface area contributed by atoms with Crippen LogP contribution in [0.4, 0.5) is 14.5 Å². The summed E-state index contributed by atoms with van der Waals surface area (Å²) in [5.74, 6) is 0.435. The molecule has 2 heterocycles. The van der Waals surface area contributed by atoms with Crippen LogP contribution in [0.2, 0.25) is 0 Å². The molecule has 3 aromatic rings. The summed E-state index contributed by atoms with van der Waals surface area (Å²) in [7, 11) is 0. The van der Waals surface area contributed by atoms with E-state index in [1.165, 1.54) is 11.3 Å². The number of hydrogen-bond donors (Lipinski definition) is 0. The third-order valence-electron chi connectivity index (χ3n) is 4.97. The summed E-state index contributed by atoms with van der Waals surface area (Å²) in [6, 6.07) is 15.6. The number of anilines is 1. The zero-order chi connectivity index (χ0) is 18.1. The summed E-state index contributed by atoms with van der Waals surface area (Å²) in [6.07, 6.45) is 0. The Bertz CT molecular complexity index is 898. The van der Waals surface area contributed by atoms with Gasteiger partial charge in [0.1, 0.15) is 5.82 Å². The molecule has 0 aliphatic carbocycles. The van der Waals surface area contributed by atoms with Gasteiger partial charge >= 0.3 is 6.55 Å². The summed E-state index contributed by atoms with van der Waals surface area (Å²) < 4.78 is 28.2. The number of fused-ring (bicyclic) bond motifs is 1. The zero-order valence-electron chi connectivity index (χ0n) is 14.8. The molecule has 26 heavy (non-hydrogen) atoms. The SMILES string of the molecule is Cc1cccc(N2CCN(Cc3nc4ccccc4n3C(F)F)CC2)c1. The van der Waals surface area contributed by atoms with Crippen LogP contribution in [0.1, 0.15) is 17.9 Å². The van der Waals surface area contributed by atoms with Crippen molar-refractivity contribution in [1.29, 1.82) is 0 Å². The van der Waals surface area contributed by atoms with Gasteiger partial charge in [-0.15, -0.1) is 0 Å². The minimum absolute atomic E-state index is 0.435. The molecule has 1 saturated heterocycles. The average molecular weight is 356 g/mol. The second-order valence-corrected chi connectivity index (χ2v) is 6.77. The van der Waals surface area contributed by atoms with Crippen LogP contribution in [0.5, 0.6) is 0 Å². The van der Waals surface area contributed by atoms with Gasteiger partial charge in [0.25, 0.3) is 0 Å². The van der Waals surface area contributed by atoms with E-state index >= 15 is 0 Å². The molecule has 2 aromatic carbocycles. The van der Waals surface area contributed by atoms with Crippen LogP contribution in [0, 0.1) is 6.92 Å². The summed E-state index contributed by atoms with van der Waals surface area (Å²) in [6.45, 7) is 3.40. The predicted octanol–water partition coefficient (Wildman–Crippen LogP) is 4.06. The monoisotopic (exact) mass is 356 g/mol. The molecule has 6 heteroatoms. The molecule has 1 aliphatic rings. The molecular formula is C20H22F2N4. The van der Waals surface area contributed by atoms with Crippen LogP contribution in [0.3, 0.4) is 0 Å². The van der Waals surface area contributed by atoms with E-state index in [0.717, 1.165) is 30.7 Å². The second kappa shape index (κ2) is 7.03. The Kier molecular flexibility index (Phi) is 4.59. The van der Waals surface area contributed by atoms with E-state index in [2.05, 4.69) is 46.0 Å². The highest BCUT2D eigenvalue weighted by Crippen LogP contribution is 2.25. The Labute approximate surface area is 151 Å². The molecule has 136 valence electrons. The highest BCUT2D eigenvalue weighted by molar-refractivity contribution is 5.76. The molecule has 0 bridgehead atoms. The minimum atomic E-state index is -2.58. The lowest BCUT2D eigenvalue weighted by atomic mass is 10.2. The summed E-state index contributed by atoms with van der Waals surface area (Å²) in [5, 5.41) is 0. The Balaban J connectivity index is 1.48. The van der Waals surface area contributed by atoms with Crippen LogP contribution in [0.15, 0.2) is 48.5 Å². The molecule has 0 radical (unpaired) electrons. The molecule has 0 atom stereocenters. The molecule has 0 unspecified atom stereocenters. The van der Waals surface area contributed by atoms with Crippen molar-refractivity contribution in [3.63, 3.8) is 0 Å². The van der Waals surface area contributed by atoms with Crippen molar-refractivity contribution in [2.24, 2.45) is 0 Å². The third-order valence-corrected chi connectivity index (χ3v) is 4.97. The molecule has 4 nitrogen and oxygen atoms in total. The number of nitrogens with zero attached hydrogens (tertiary/aromatic N) is 4. The molecule has 1 aromatic heterocycles. The normalized spacial score (nSPS) is 15.9. The van der Waals surface area contributed by atoms with E-state index in [4.69, 9.17) is 0 Å². The fourth-order valence-corrected chi connectivity index (χ4v) is 3.61. The van der Waals surface area contributed by atoms with E-state index in [9.17, 15) is 8.78 Å². The molecular weight excluding hydrogens is 334 g/mol. The molecule has 1 fully saturated rings. The second-order valence-electron chi connectivity index (χ2n) is 6.77. The lowest BCUT2D eigenvalue weighted by Gasteiger charge is -2.36. The summed E-state index contributed by atoms with van der Waals surface area (Å²) in [5.41, 5.74) is 3.59. The lowest BCUT2D eigenvalue weighted by Crippen LogP contribution is -2.46. The molecule has 0 saturated carbocycles. The van der Waals surface area contributed by atoms with Crippen molar-refractivity contribution >= 4 is 16.7 Å². The Morgan fingerprint density at radius 3 is 2.50 bits per heavy atom. The number of hydrogen-bond acceptors (Lipinski definition) is 3. The number of benzene rings is 2. The first-order valence-corrected chi connectivity index (χ1v) is 8.90. The number of imidazole rings is 1. The van der Waals surface area contributed by atoms with Gasteiger partial charge < -0.3 is 4.90 Å². The number of alkyl halides is 2. The largest absolute Gasteiger partial charge is 0.369 e. The molecule has 0 N–H and O–H groups in total. The van der Waals surface area contributed by atoms with E-state index in [-0.39, 0.29) is 0 Å². The van der Waals surface area contributed by atoms with Gasteiger partial charge in [0.15, 0.2) is 0 Å². The van der Waals surface area contributed by atoms with E-state index in [1.807, 2.05) is 6.07 Å². The summed E-state index contributed by atoms with van der Waals surface area (Å²) in [4.78, 5) is 8.99. The van der Waals surface area contributed by atoms with Crippen molar-refractivity contribution in [1.82, 2.24) is 14.5 Å². The highest BCUT2D eigenvalue weighted by atomic mass is 19.3. The number of halogens is 2. The molecule has 0 amide bonds. The Morgan fingerprint density at radius 1 is 1.00 bits per heavy atom. The molecule has 4 rings (SSSR count). The standard InChI is InChI=1S/C20H22F2N4/c1-15-5-4-6-16(13-15)25-11-9-24(10-12-25)14-19-23-17-7-2-3-8-18(17)26(19)20(21)22/h2-8,13,20H,9-12,14H2,1H3. The molecule has 0 spiro atoms. The number of rotatable bonds is 4. The Hall–Kier alpha value is -2.47. The van der Waals surface area contributed by atoms with Crippen LogP contribution in [0.25, 0.3) is 11.0 Å². The van der Waals surface area contributed by atoms with Crippen molar-refractivity contribution in [2.75, 3.05) is 31.1 Å². The van der Waals surface area contributed by atoms with Crippen LogP contribution >= 0.6 is 0 Å². The first-order valence-electron chi connectivity index (χ1n) is 8.90. The number of aromatic nitrogens is 2. The van der Waals surface area contributed by atoms with Crippen molar-refractivity contribution in [3.8, 4) is 0 Å². The Morgan fingerprint density at radius 2 is 1.77 bits per heavy atom. The summed E-state index contributed by atoms with van der Waals surface area (Å²) >= 11 is 0. The van der Waals surface area contributed by atoms with Gasteiger partial charge in [-0.25, -0.2) is 4.98 Å². The number of piperazine rings is 1. The predicted molar refractivity (Wildman–Crippen MR) is 99.7 cm³/mol. The first kappa shape index (κ1) is 17.0. The number of para-hydroxylation sites is 2. The van der Waals surface area contributed by atoms with Gasteiger partial charge in [-0.2, -0.15) is 8.78 Å². The quantitative estimate of drug-likeness (QED) is 0.704. The zero-order valence-corrected chi connectivity index (χ0v) is 14.8. The van der Waals surface area contributed by atoms with Crippen molar-refractivity contribution in [3.05, 3.63) is 59.9 Å². The first-order chi connectivity index (χ1) is 12.6. The van der Waals surface area contributed by atoms with Gasteiger partial charge in [0.2, 0.25) is 0 Å². The van der Waals surface area contributed by atoms with Gasteiger partial charge in [-0.3, -0.25) is 9.47 Å². The minimum Gasteiger partial charge on any atom is -0.369 e. The maximum Gasteiger partial charge on any atom is 0.320 e. The maximum absolute atomic E-state index is 13.6. The van der Waals surface area contributed by atoms with Gasteiger partial charge in [-0.05, 0) is 36.8 Å².